The van der Waals surface area contributed by atoms with Gasteiger partial charge in [-0.05, 0) is 25.0 Å². The molecule has 0 bridgehead atoms. The van der Waals surface area contributed by atoms with E-state index in [-0.39, 0.29) is 12.1 Å². The van der Waals surface area contributed by atoms with Gasteiger partial charge < -0.3 is 14.9 Å². The molecule has 110 valence electrons. The summed E-state index contributed by atoms with van der Waals surface area (Å²) in [6, 6.07) is 3.84. The number of ether oxygens (including phenoxy) is 1. The second-order valence-corrected chi connectivity index (χ2v) is 5.15. The molecule has 0 aliphatic rings. The number of hydrogen-bond donors (Lipinski definition) is 1. The average molecular weight is 267 g/mol. The van der Waals surface area contributed by atoms with Crippen LogP contribution in [0.1, 0.15) is 70.7 Å². The third kappa shape index (κ3) is 6.26. The van der Waals surface area contributed by atoms with Crippen LogP contribution in [0.25, 0.3) is 0 Å². The lowest BCUT2D eigenvalue weighted by Gasteiger charge is -2.21. The molecule has 0 aliphatic carbocycles. The number of rotatable bonds is 11. The minimum absolute atomic E-state index is 0.00578. The predicted molar refractivity (Wildman–Crippen MR) is 79.0 cm³/mol. The summed E-state index contributed by atoms with van der Waals surface area (Å²) in [7, 11) is 0. The number of hydrogen-bond acceptors (Lipinski definition) is 3. The Kier molecular flexibility index (Phi) is 8.59. The highest BCUT2D eigenvalue weighted by Gasteiger charge is 2.21. The second kappa shape index (κ2) is 10.0. The standard InChI is InChI=1S/C16H29NO2/c1-3-5-6-7-8-9-12-19-16(14(17)4-2)15-11-10-13-18-15/h10-11,13-14,16H,3-9,12,17H2,1-2H3. The van der Waals surface area contributed by atoms with Crippen LogP contribution in [0.15, 0.2) is 22.8 Å². The molecule has 0 saturated carbocycles. The van der Waals surface area contributed by atoms with Crippen LogP contribution in [-0.2, 0) is 4.74 Å². The molecular formula is C16H29NO2. The van der Waals surface area contributed by atoms with E-state index in [9.17, 15) is 0 Å². The van der Waals surface area contributed by atoms with Crippen LogP contribution in [0.5, 0.6) is 0 Å². The lowest BCUT2D eigenvalue weighted by molar-refractivity contribution is 0.0170. The van der Waals surface area contributed by atoms with Gasteiger partial charge in [0, 0.05) is 12.6 Å². The Labute approximate surface area is 117 Å². The zero-order valence-electron chi connectivity index (χ0n) is 12.4. The summed E-state index contributed by atoms with van der Waals surface area (Å²) in [4.78, 5) is 0. The summed E-state index contributed by atoms with van der Waals surface area (Å²) in [6.45, 7) is 5.09. The molecule has 2 N–H and O–H groups in total. The monoisotopic (exact) mass is 267 g/mol. The van der Waals surface area contributed by atoms with E-state index in [1.807, 2.05) is 12.1 Å². The van der Waals surface area contributed by atoms with E-state index in [0.29, 0.717) is 0 Å². The van der Waals surface area contributed by atoms with Gasteiger partial charge >= 0.3 is 0 Å². The first-order valence-electron chi connectivity index (χ1n) is 7.70. The van der Waals surface area contributed by atoms with Gasteiger partial charge in [-0.1, -0.05) is 46.0 Å². The van der Waals surface area contributed by atoms with Gasteiger partial charge in [-0.15, -0.1) is 0 Å². The van der Waals surface area contributed by atoms with Crippen molar-refractivity contribution in [1.82, 2.24) is 0 Å². The van der Waals surface area contributed by atoms with Gasteiger partial charge in [-0.25, -0.2) is 0 Å². The third-order valence-electron chi connectivity index (χ3n) is 3.48. The molecule has 1 heterocycles. The molecule has 1 aromatic rings. The van der Waals surface area contributed by atoms with Crippen LogP contribution in [0.2, 0.25) is 0 Å². The summed E-state index contributed by atoms with van der Waals surface area (Å²) >= 11 is 0. The van der Waals surface area contributed by atoms with Crippen LogP contribution < -0.4 is 5.73 Å². The molecule has 2 unspecified atom stereocenters. The van der Waals surface area contributed by atoms with Gasteiger partial charge in [0.05, 0.1) is 6.26 Å². The Bertz CT molecular complexity index is 298. The predicted octanol–water partition coefficient (Wildman–Crippen LogP) is 4.44. The summed E-state index contributed by atoms with van der Waals surface area (Å²) < 4.78 is 11.4. The highest BCUT2D eigenvalue weighted by Crippen LogP contribution is 2.23. The maximum Gasteiger partial charge on any atom is 0.134 e. The lowest BCUT2D eigenvalue weighted by Crippen LogP contribution is -2.29. The van der Waals surface area contributed by atoms with Crippen LogP contribution in [0, 0.1) is 0 Å². The average Bonchev–Trinajstić information content (AvgIpc) is 2.95. The van der Waals surface area contributed by atoms with Crippen LogP contribution in [0.3, 0.4) is 0 Å². The number of nitrogens with two attached hydrogens (primary N) is 1. The molecule has 0 aliphatic heterocycles. The Balaban J connectivity index is 2.23. The van der Waals surface area contributed by atoms with Crippen molar-refractivity contribution in [3.8, 4) is 0 Å². The maximum absolute atomic E-state index is 6.10. The molecule has 0 saturated heterocycles. The van der Waals surface area contributed by atoms with Crippen molar-refractivity contribution >= 4 is 0 Å². The van der Waals surface area contributed by atoms with E-state index in [0.717, 1.165) is 25.2 Å². The third-order valence-corrected chi connectivity index (χ3v) is 3.48. The van der Waals surface area contributed by atoms with Gasteiger partial charge in [0.1, 0.15) is 11.9 Å². The fourth-order valence-corrected chi connectivity index (χ4v) is 2.18. The molecule has 3 nitrogen and oxygen atoms in total. The van der Waals surface area contributed by atoms with E-state index in [1.165, 1.54) is 32.1 Å². The van der Waals surface area contributed by atoms with Crippen molar-refractivity contribution in [2.24, 2.45) is 5.73 Å². The molecule has 0 amide bonds. The zero-order chi connectivity index (χ0) is 13.9. The van der Waals surface area contributed by atoms with Gasteiger partial charge in [0.2, 0.25) is 0 Å². The highest BCUT2D eigenvalue weighted by atomic mass is 16.5. The fourth-order valence-electron chi connectivity index (χ4n) is 2.18. The van der Waals surface area contributed by atoms with E-state index in [1.54, 1.807) is 6.26 Å². The first-order valence-corrected chi connectivity index (χ1v) is 7.70. The SMILES string of the molecule is CCCCCCCCOC(c1ccco1)C(N)CC. The maximum atomic E-state index is 6.10. The summed E-state index contributed by atoms with van der Waals surface area (Å²) in [5.41, 5.74) is 6.10. The molecular weight excluding hydrogens is 238 g/mol. The second-order valence-electron chi connectivity index (χ2n) is 5.15. The Morgan fingerprint density at radius 1 is 1.16 bits per heavy atom. The van der Waals surface area contributed by atoms with Crippen molar-refractivity contribution < 1.29 is 9.15 Å². The smallest absolute Gasteiger partial charge is 0.134 e. The zero-order valence-corrected chi connectivity index (χ0v) is 12.4. The lowest BCUT2D eigenvalue weighted by atomic mass is 10.1. The van der Waals surface area contributed by atoms with E-state index in [2.05, 4.69) is 13.8 Å². The van der Waals surface area contributed by atoms with Crippen molar-refractivity contribution in [1.29, 1.82) is 0 Å². The quantitative estimate of drug-likeness (QED) is 0.603. The normalized spacial score (nSPS) is 14.5. The molecule has 19 heavy (non-hydrogen) atoms. The number of furan rings is 1. The van der Waals surface area contributed by atoms with E-state index >= 15 is 0 Å². The molecule has 1 aromatic heterocycles. The largest absolute Gasteiger partial charge is 0.467 e. The number of unbranched alkanes of at least 4 members (excludes halogenated alkanes) is 5. The molecule has 0 fully saturated rings. The van der Waals surface area contributed by atoms with Gasteiger partial charge in [0.25, 0.3) is 0 Å². The first-order chi connectivity index (χ1) is 9.29. The minimum atomic E-state index is -0.101. The summed E-state index contributed by atoms with van der Waals surface area (Å²) in [5.74, 6) is 0.848. The van der Waals surface area contributed by atoms with E-state index in [4.69, 9.17) is 14.9 Å². The summed E-state index contributed by atoms with van der Waals surface area (Å²) in [5, 5.41) is 0. The van der Waals surface area contributed by atoms with E-state index < -0.39 is 0 Å². The van der Waals surface area contributed by atoms with Crippen molar-refractivity contribution in [2.45, 2.75) is 70.9 Å². The molecule has 1 rings (SSSR count). The molecule has 2 atom stereocenters. The Morgan fingerprint density at radius 3 is 2.53 bits per heavy atom. The van der Waals surface area contributed by atoms with Crippen LogP contribution >= 0.6 is 0 Å². The van der Waals surface area contributed by atoms with Gasteiger partial charge in [-0.3, -0.25) is 0 Å². The minimum Gasteiger partial charge on any atom is -0.467 e. The molecule has 0 radical (unpaired) electrons. The Morgan fingerprint density at radius 2 is 1.89 bits per heavy atom. The Hall–Kier alpha value is -0.800. The van der Waals surface area contributed by atoms with Gasteiger partial charge in [0.15, 0.2) is 0 Å². The molecule has 0 spiro atoms. The first kappa shape index (κ1) is 16.3. The highest BCUT2D eigenvalue weighted by molar-refractivity contribution is 5.04. The topological polar surface area (TPSA) is 48.4 Å². The van der Waals surface area contributed by atoms with Crippen molar-refractivity contribution in [3.63, 3.8) is 0 Å². The van der Waals surface area contributed by atoms with Gasteiger partial charge in [-0.2, -0.15) is 0 Å². The molecule has 0 aromatic carbocycles. The van der Waals surface area contributed by atoms with Crippen LogP contribution in [0.4, 0.5) is 0 Å². The fraction of sp³-hybridized carbons (Fsp3) is 0.750. The molecule has 3 heteroatoms. The summed E-state index contributed by atoms with van der Waals surface area (Å²) in [6.07, 6.45) is 10.1. The van der Waals surface area contributed by atoms with Crippen LogP contribution in [-0.4, -0.2) is 12.6 Å². The van der Waals surface area contributed by atoms with Crippen molar-refractivity contribution in [3.05, 3.63) is 24.2 Å². The van der Waals surface area contributed by atoms with Crippen molar-refractivity contribution in [2.75, 3.05) is 6.61 Å².